The van der Waals surface area contributed by atoms with E-state index >= 15 is 0 Å². The van der Waals surface area contributed by atoms with E-state index in [4.69, 9.17) is 17.7 Å². The summed E-state index contributed by atoms with van der Waals surface area (Å²) in [4.78, 5) is 151. The van der Waals surface area contributed by atoms with Crippen LogP contribution in [0.15, 0.2) is 178 Å². The van der Waals surface area contributed by atoms with Crippen LogP contribution in [0.1, 0.15) is 152 Å². The summed E-state index contributed by atoms with van der Waals surface area (Å²) in [5.74, 6) is -8.84. The summed E-state index contributed by atoms with van der Waals surface area (Å²) in [6, 6.07) is 20.6. The molecule has 122 heavy (non-hydrogen) atoms. The highest BCUT2D eigenvalue weighted by atomic mass is 19.3. The number of furan rings is 4. The third kappa shape index (κ3) is 19.7. The van der Waals surface area contributed by atoms with Gasteiger partial charge < -0.3 is 100 Å². The molecule has 12 N–H and O–H groups in total. The van der Waals surface area contributed by atoms with Gasteiger partial charge in [0.2, 0.25) is 0 Å². The van der Waals surface area contributed by atoms with E-state index in [-0.39, 0.29) is 131 Å². The first-order chi connectivity index (χ1) is 57.2. The maximum absolute atomic E-state index is 14.2. The zero-order chi connectivity index (χ0) is 90.3. The number of aryl methyl sites for hydroxylation is 4. The molecule has 0 saturated carbocycles. The SMILES string of the molecule is CCc1coc([C@@H](CC)Nc2c(Nc3cccc(C(=O)N(C)C)c3O)c(=O)c2=O)c1.Cc1ccc([C@H](Nc2c(Nc3cccc(C(=O)N(C)C)c3O)c(=O)c2=O)C(C)(F)F)o1.Cc1coc([C@H](Nc2c(Nc3cccc(C(=O)N(C)C)c3O)c(=O)c2=O)C(C)(F)F)c1.Cc1coc([C@H](Nc2c(Nc3cccc(C(=O)N(C)C)c3O)c(=O)c2=O)C(C)F)c1. The molecule has 4 amide bonds. The van der Waals surface area contributed by atoms with E-state index in [9.17, 15) is 99.9 Å². The van der Waals surface area contributed by atoms with E-state index < -0.39 is 109 Å². The number of carbonyl (C=O) groups excluding carboxylic acids is 4. The van der Waals surface area contributed by atoms with Crippen molar-refractivity contribution < 1.29 is 79.2 Å². The Bertz CT molecular complexity index is 6000. The predicted molar refractivity (Wildman–Crippen MR) is 449 cm³/mol. The molecule has 4 aromatic heterocycles. The lowest BCUT2D eigenvalue weighted by atomic mass is 10.1. The van der Waals surface area contributed by atoms with Crippen molar-refractivity contribution in [1.82, 2.24) is 19.6 Å². The Labute approximate surface area is 691 Å². The molecule has 0 aliphatic carbocycles. The third-order valence-electron chi connectivity index (χ3n) is 19.0. The van der Waals surface area contributed by atoms with Crippen LogP contribution in [0.25, 0.3) is 0 Å². The number of rotatable bonds is 29. The monoisotopic (exact) mass is 1690 g/mol. The minimum Gasteiger partial charge on any atom is -0.505 e. The second-order valence-electron chi connectivity index (χ2n) is 29.4. The molecule has 0 saturated heterocycles. The van der Waals surface area contributed by atoms with Crippen LogP contribution < -0.4 is 86.0 Å². The highest BCUT2D eigenvalue weighted by Gasteiger charge is 2.42. The number of alkyl halides is 5. The fourth-order valence-electron chi connectivity index (χ4n) is 12.3. The van der Waals surface area contributed by atoms with Crippen LogP contribution in [0.4, 0.5) is 90.2 Å². The van der Waals surface area contributed by atoms with Crippen LogP contribution in [0, 0.1) is 20.8 Å². The molecule has 8 aromatic carbocycles. The van der Waals surface area contributed by atoms with Crippen LogP contribution in [-0.2, 0) is 6.42 Å². The molecule has 0 aliphatic heterocycles. The first-order valence-corrected chi connectivity index (χ1v) is 37.5. The van der Waals surface area contributed by atoms with Gasteiger partial charge in [-0.25, -0.2) is 22.0 Å². The number of aromatic hydroxyl groups is 4. The van der Waals surface area contributed by atoms with E-state index in [0.29, 0.717) is 37.4 Å². The first-order valence-electron chi connectivity index (χ1n) is 37.5. The zero-order valence-corrected chi connectivity index (χ0v) is 68.8. The van der Waals surface area contributed by atoms with Crippen LogP contribution in [0.2, 0.25) is 0 Å². The molecule has 12 rings (SSSR count). The van der Waals surface area contributed by atoms with Gasteiger partial charge >= 0.3 is 0 Å². The minimum absolute atomic E-state index is 0.0273. The summed E-state index contributed by atoms with van der Waals surface area (Å²) in [5, 5.41) is 63.0. The van der Waals surface area contributed by atoms with Gasteiger partial charge in [0.15, 0.2) is 23.0 Å². The molecule has 5 atom stereocenters. The third-order valence-corrected chi connectivity index (χ3v) is 19.0. The Balaban J connectivity index is 0.000000185. The number of para-hydroxylation sites is 4. The fourth-order valence-corrected chi connectivity index (χ4v) is 12.3. The maximum atomic E-state index is 14.2. The lowest BCUT2D eigenvalue weighted by molar-refractivity contribution is -0.00609. The van der Waals surface area contributed by atoms with Crippen molar-refractivity contribution in [2.24, 2.45) is 0 Å². The Morgan fingerprint density at radius 1 is 0.402 bits per heavy atom. The lowest BCUT2D eigenvalue weighted by Crippen LogP contribution is -2.40. The number of carbonyl (C=O) groups is 4. The highest BCUT2D eigenvalue weighted by Crippen LogP contribution is 2.42. The highest BCUT2D eigenvalue weighted by molar-refractivity contribution is 6.02. The molecule has 644 valence electrons. The number of hydrogen-bond donors (Lipinski definition) is 12. The van der Waals surface area contributed by atoms with Crippen molar-refractivity contribution in [3.63, 3.8) is 0 Å². The summed E-state index contributed by atoms with van der Waals surface area (Å²) in [7, 11) is 12.2. The maximum Gasteiger partial charge on any atom is 0.272 e. The van der Waals surface area contributed by atoms with Crippen LogP contribution in [0.3, 0.4) is 0 Å². The Kier molecular flexibility index (Phi) is 27.8. The molecule has 0 spiro atoms. The number of hydrogen-bond acceptors (Lipinski definition) is 28. The summed E-state index contributed by atoms with van der Waals surface area (Å²) in [6.07, 6.45) is 4.46. The van der Waals surface area contributed by atoms with E-state index in [1.165, 1.54) is 166 Å². The molecule has 0 aliphatic rings. The molecule has 4 heterocycles. The van der Waals surface area contributed by atoms with Gasteiger partial charge in [0.1, 0.15) is 98.6 Å². The van der Waals surface area contributed by atoms with E-state index in [1.54, 1.807) is 53.3 Å². The second-order valence-corrected chi connectivity index (χ2v) is 29.4. The van der Waals surface area contributed by atoms with Crippen molar-refractivity contribution in [2.75, 3.05) is 98.9 Å². The molecule has 1 unspecified atom stereocenters. The van der Waals surface area contributed by atoms with Gasteiger partial charge in [-0.05, 0) is 136 Å². The summed E-state index contributed by atoms with van der Waals surface area (Å²) < 4.78 is 92.4. The van der Waals surface area contributed by atoms with Crippen LogP contribution in [0.5, 0.6) is 23.0 Å². The smallest absolute Gasteiger partial charge is 0.272 e. The van der Waals surface area contributed by atoms with Crippen molar-refractivity contribution in [3.05, 3.63) is 271 Å². The Hall–Kier alpha value is -14.6. The molecular weight excluding hydrogens is 1600 g/mol. The average molecular weight is 1690 g/mol. The standard InChI is InChI=1S/C22H25N3O5.2C21H21F2N3O5.C21H22FN3O5/c1-5-12-10-16(30-11-12)14(6-2)23-17-18(21(28)20(17)27)24-15-9-7-8-13(19(15)26)22(29)25(3)4;1-10-8-13(31-9-10)19(21(2,22)23)25-15-14(17(28)18(15)29)24-12-7-5-6-11(16(12)27)20(30)26(3)4;1-10-8-9-13(31-10)19(21(2,22)23)25-15-14(17(28)18(15)29)24-12-7-5-6-11(16(12)27)20(30)26(3)4;1-10-8-14(30-9-10)15(11(2)22)24-17-16(19(27)20(17)28)23-13-7-5-6-12(18(13)26)21(29)25(3)4/h7-11,14,23-24,26H,5-6H2,1-4H3;2*5-9,19,24-25,27H,1-4H3;5-9,11,15,23-24,26H,1-4H3/t14-;2*19-;11?,15-/m1001/s1. The minimum atomic E-state index is -3.33. The number of phenolic OH excluding ortho intramolecular Hbond substituents is 4. The molecular formula is C85H89F5N12O20. The van der Waals surface area contributed by atoms with Gasteiger partial charge in [-0.3, -0.25) is 57.5 Å². The topological polar surface area (TPSA) is 448 Å². The van der Waals surface area contributed by atoms with Gasteiger partial charge in [-0.2, -0.15) is 0 Å². The number of nitrogens with one attached hydrogen (secondary N) is 8. The normalized spacial score (nSPS) is 12.6. The molecule has 32 nitrogen and oxygen atoms in total. The lowest BCUT2D eigenvalue weighted by Gasteiger charge is -2.26. The van der Waals surface area contributed by atoms with Gasteiger partial charge in [0.25, 0.3) is 78.9 Å². The fraction of sp³-hybridized carbons (Fsp3) is 0.294. The summed E-state index contributed by atoms with van der Waals surface area (Å²) in [6.45, 7) is 11.6. The largest absolute Gasteiger partial charge is 0.505 e. The van der Waals surface area contributed by atoms with E-state index in [0.717, 1.165) is 17.5 Å². The molecule has 37 heteroatoms. The van der Waals surface area contributed by atoms with Gasteiger partial charge in [0.05, 0.1) is 69.8 Å². The van der Waals surface area contributed by atoms with Gasteiger partial charge in [-0.15, -0.1) is 0 Å². The summed E-state index contributed by atoms with van der Waals surface area (Å²) >= 11 is 0. The Morgan fingerprint density at radius 3 is 0.975 bits per heavy atom. The number of amides is 4. The van der Waals surface area contributed by atoms with E-state index in [1.807, 2.05) is 19.9 Å². The molecule has 12 aromatic rings. The summed E-state index contributed by atoms with van der Waals surface area (Å²) in [5.41, 5.74) is -5.56. The quantitative estimate of drug-likeness (QED) is 0.0118. The molecule has 0 bridgehead atoms. The van der Waals surface area contributed by atoms with Gasteiger partial charge in [-0.1, -0.05) is 38.1 Å². The van der Waals surface area contributed by atoms with Crippen molar-refractivity contribution >= 4 is 91.9 Å². The number of phenols is 4. The number of halogens is 5. The number of benzene rings is 4. The number of anilines is 12. The zero-order valence-electron chi connectivity index (χ0n) is 68.8. The van der Waals surface area contributed by atoms with Crippen molar-refractivity contribution in [3.8, 4) is 23.0 Å². The Morgan fingerprint density at radius 2 is 0.705 bits per heavy atom. The second kappa shape index (κ2) is 37.2. The number of nitrogens with zero attached hydrogens (tertiary/aromatic N) is 4. The first kappa shape index (κ1) is 91.4. The van der Waals surface area contributed by atoms with Crippen molar-refractivity contribution in [1.29, 1.82) is 0 Å². The average Bonchev–Trinajstić information content (AvgIpc) is 1.18. The van der Waals surface area contributed by atoms with Crippen LogP contribution >= 0.6 is 0 Å². The predicted octanol–water partition coefficient (Wildman–Crippen LogP) is 12.3. The molecule has 0 fully saturated rings. The van der Waals surface area contributed by atoms with Crippen molar-refractivity contribution in [2.45, 2.75) is 110 Å². The van der Waals surface area contributed by atoms with Gasteiger partial charge in [0, 0.05) is 70.2 Å². The van der Waals surface area contributed by atoms with Crippen LogP contribution in [-0.4, -0.2) is 138 Å². The van der Waals surface area contributed by atoms with E-state index in [2.05, 4.69) is 42.5 Å². The molecule has 0 radical (unpaired) electrons.